The zero-order valence-corrected chi connectivity index (χ0v) is 8.55. The molecule has 1 saturated heterocycles. The number of ether oxygens (including phenoxy) is 1. The summed E-state index contributed by atoms with van der Waals surface area (Å²) in [6.07, 6.45) is 0. The van der Waals surface area contributed by atoms with Crippen molar-refractivity contribution in [1.82, 2.24) is 4.90 Å². The van der Waals surface area contributed by atoms with Crippen LogP contribution in [-0.4, -0.2) is 37.2 Å². The molecule has 0 aromatic carbocycles. The van der Waals surface area contributed by atoms with Gasteiger partial charge in [0, 0.05) is 13.1 Å². The number of hydrogen-bond donors (Lipinski definition) is 1. The average Bonchev–Trinajstić information content (AvgIpc) is 2.72. The summed E-state index contributed by atoms with van der Waals surface area (Å²) in [6.45, 7) is 2.63. The van der Waals surface area contributed by atoms with E-state index in [2.05, 4.69) is 5.32 Å². The Hall–Kier alpha value is -1.07. The summed E-state index contributed by atoms with van der Waals surface area (Å²) in [6, 6.07) is 3.78. The van der Waals surface area contributed by atoms with E-state index in [-0.39, 0.29) is 6.03 Å². The molecule has 1 fully saturated rings. The fraction of sp³-hybridized carbons (Fsp3) is 0.444. The molecule has 0 spiro atoms. The Balaban J connectivity index is 1.88. The standard InChI is InChI=1S/C9H12N2O2S/c12-9(10-8-2-1-7-14-8)11-3-5-13-6-4-11/h1-2,7H,3-6H2,(H,10,12). The number of nitrogens with one attached hydrogen (secondary N) is 1. The van der Waals surface area contributed by atoms with E-state index >= 15 is 0 Å². The van der Waals surface area contributed by atoms with Gasteiger partial charge >= 0.3 is 6.03 Å². The van der Waals surface area contributed by atoms with E-state index in [4.69, 9.17) is 4.74 Å². The molecule has 1 N–H and O–H groups in total. The third-order valence-corrected chi connectivity index (χ3v) is 2.83. The summed E-state index contributed by atoms with van der Waals surface area (Å²) in [5.74, 6) is 0. The molecule has 76 valence electrons. The van der Waals surface area contributed by atoms with Gasteiger partial charge in [0.2, 0.25) is 0 Å². The maximum atomic E-state index is 11.6. The Kier molecular flexibility index (Phi) is 3.00. The summed E-state index contributed by atoms with van der Waals surface area (Å²) < 4.78 is 5.17. The third kappa shape index (κ3) is 2.24. The van der Waals surface area contributed by atoms with Crippen LogP contribution in [0.2, 0.25) is 0 Å². The molecule has 0 saturated carbocycles. The van der Waals surface area contributed by atoms with Gasteiger partial charge in [-0.3, -0.25) is 5.32 Å². The molecule has 1 aliphatic rings. The summed E-state index contributed by atoms with van der Waals surface area (Å²) in [5, 5.41) is 5.67. The lowest BCUT2D eigenvalue weighted by Crippen LogP contribution is -2.42. The molecule has 2 heterocycles. The fourth-order valence-corrected chi connectivity index (χ4v) is 1.91. The van der Waals surface area contributed by atoms with Crippen molar-refractivity contribution in [3.8, 4) is 0 Å². The predicted molar refractivity (Wildman–Crippen MR) is 55.7 cm³/mol. The molecule has 1 aromatic rings. The summed E-state index contributed by atoms with van der Waals surface area (Å²) in [5.41, 5.74) is 0. The highest BCUT2D eigenvalue weighted by Gasteiger charge is 2.16. The van der Waals surface area contributed by atoms with Gasteiger partial charge in [-0.05, 0) is 17.5 Å². The number of urea groups is 1. The first-order valence-corrected chi connectivity index (χ1v) is 5.41. The van der Waals surface area contributed by atoms with Crippen molar-refractivity contribution in [2.24, 2.45) is 0 Å². The van der Waals surface area contributed by atoms with Crippen LogP contribution in [-0.2, 0) is 4.74 Å². The molecule has 2 rings (SSSR count). The maximum Gasteiger partial charge on any atom is 0.322 e. The van der Waals surface area contributed by atoms with Crippen LogP contribution in [0, 0.1) is 0 Å². The first-order chi connectivity index (χ1) is 6.86. The van der Waals surface area contributed by atoms with Crippen LogP contribution in [0.5, 0.6) is 0 Å². The van der Waals surface area contributed by atoms with Gasteiger partial charge < -0.3 is 9.64 Å². The van der Waals surface area contributed by atoms with Crippen molar-refractivity contribution < 1.29 is 9.53 Å². The largest absolute Gasteiger partial charge is 0.378 e. The van der Waals surface area contributed by atoms with Gasteiger partial charge in [-0.15, -0.1) is 11.3 Å². The van der Waals surface area contributed by atoms with Gasteiger partial charge in [-0.2, -0.15) is 0 Å². The van der Waals surface area contributed by atoms with Crippen LogP contribution in [0.3, 0.4) is 0 Å². The Morgan fingerprint density at radius 2 is 2.29 bits per heavy atom. The number of carbonyl (C=O) groups is 1. The van der Waals surface area contributed by atoms with Crippen molar-refractivity contribution in [2.45, 2.75) is 0 Å². The van der Waals surface area contributed by atoms with Gasteiger partial charge in [-0.1, -0.05) is 0 Å². The normalized spacial score (nSPS) is 16.7. The Bertz CT molecular complexity index is 294. The number of amides is 2. The Morgan fingerprint density at radius 3 is 2.93 bits per heavy atom. The molecule has 1 aliphatic heterocycles. The number of morpholine rings is 1. The van der Waals surface area contributed by atoms with Crippen LogP contribution >= 0.6 is 11.3 Å². The quantitative estimate of drug-likeness (QED) is 0.768. The number of nitrogens with zero attached hydrogens (tertiary/aromatic N) is 1. The van der Waals surface area contributed by atoms with E-state index in [1.54, 1.807) is 4.90 Å². The van der Waals surface area contributed by atoms with Crippen molar-refractivity contribution in [3.05, 3.63) is 17.5 Å². The summed E-state index contributed by atoms with van der Waals surface area (Å²) in [4.78, 5) is 13.4. The molecule has 2 amide bonds. The Morgan fingerprint density at radius 1 is 1.50 bits per heavy atom. The van der Waals surface area contributed by atoms with Gasteiger partial charge in [-0.25, -0.2) is 4.79 Å². The second kappa shape index (κ2) is 4.43. The number of carbonyl (C=O) groups excluding carboxylic acids is 1. The monoisotopic (exact) mass is 212 g/mol. The third-order valence-electron chi connectivity index (χ3n) is 2.05. The lowest BCUT2D eigenvalue weighted by molar-refractivity contribution is 0.0565. The summed E-state index contributed by atoms with van der Waals surface area (Å²) >= 11 is 1.53. The smallest absolute Gasteiger partial charge is 0.322 e. The number of hydrogen-bond acceptors (Lipinski definition) is 3. The second-order valence-corrected chi connectivity index (χ2v) is 3.95. The zero-order chi connectivity index (χ0) is 9.80. The van der Waals surface area contributed by atoms with Crippen molar-refractivity contribution >= 4 is 22.4 Å². The Labute approximate surface area is 86.5 Å². The molecule has 0 unspecified atom stereocenters. The lowest BCUT2D eigenvalue weighted by atomic mass is 10.4. The molecular formula is C9H12N2O2S. The van der Waals surface area contributed by atoms with Crippen LogP contribution in [0.4, 0.5) is 9.80 Å². The van der Waals surface area contributed by atoms with Crippen LogP contribution in [0.15, 0.2) is 17.5 Å². The highest BCUT2D eigenvalue weighted by Crippen LogP contribution is 2.15. The predicted octanol–water partition coefficient (Wildman–Crippen LogP) is 1.61. The van der Waals surface area contributed by atoms with E-state index < -0.39 is 0 Å². The molecule has 0 radical (unpaired) electrons. The molecular weight excluding hydrogens is 200 g/mol. The number of thiophene rings is 1. The zero-order valence-electron chi connectivity index (χ0n) is 7.73. The average molecular weight is 212 g/mol. The molecule has 0 aliphatic carbocycles. The highest BCUT2D eigenvalue weighted by molar-refractivity contribution is 7.14. The summed E-state index contributed by atoms with van der Waals surface area (Å²) in [7, 11) is 0. The number of anilines is 1. The van der Waals surface area contributed by atoms with Crippen molar-refractivity contribution in [3.63, 3.8) is 0 Å². The first-order valence-electron chi connectivity index (χ1n) is 4.53. The van der Waals surface area contributed by atoms with Gasteiger partial charge in [0.25, 0.3) is 0 Å². The molecule has 0 bridgehead atoms. The minimum Gasteiger partial charge on any atom is -0.378 e. The van der Waals surface area contributed by atoms with Crippen molar-refractivity contribution in [1.29, 1.82) is 0 Å². The van der Waals surface area contributed by atoms with Gasteiger partial charge in [0.15, 0.2) is 0 Å². The van der Waals surface area contributed by atoms with Crippen LogP contribution < -0.4 is 5.32 Å². The van der Waals surface area contributed by atoms with Crippen LogP contribution in [0.25, 0.3) is 0 Å². The molecule has 4 nitrogen and oxygen atoms in total. The minimum atomic E-state index is -0.0317. The fourth-order valence-electron chi connectivity index (χ4n) is 1.30. The molecule has 1 aromatic heterocycles. The van der Waals surface area contributed by atoms with Crippen molar-refractivity contribution in [2.75, 3.05) is 31.6 Å². The number of rotatable bonds is 1. The van der Waals surface area contributed by atoms with E-state index in [0.717, 1.165) is 5.00 Å². The molecule has 14 heavy (non-hydrogen) atoms. The second-order valence-electron chi connectivity index (χ2n) is 3.01. The van der Waals surface area contributed by atoms with E-state index in [1.165, 1.54) is 11.3 Å². The molecule has 5 heteroatoms. The highest BCUT2D eigenvalue weighted by atomic mass is 32.1. The van der Waals surface area contributed by atoms with Gasteiger partial charge in [0.1, 0.15) is 0 Å². The SMILES string of the molecule is O=C(Nc1cccs1)N1CCOCC1. The lowest BCUT2D eigenvalue weighted by Gasteiger charge is -2.26. The van der Waals surface area contributed by atoms with Crippen LogP contribution in [0.1, 0.15) is 0 Å². The minimum absolute atomic E-state index is 0.0317. The van der Waals surface area contributed by atoms with E-state index in [9.17, 15) is 4.79 Å². The van der Waals surface area contributed by atoms with E-state index in [0.29, 0.717) is 26.3 Å². The van der Waals surface area contributed by atoms with E-state index in [1.807, 2.05) is 17.5 Å². The first kappa shape index (κ1) is 9.48. The topological polar surface area (TPSA) is 41.6 Å². The molecule has 0 atom stereocenters. The maximum absolute atomic E-state index is 11.6. The van der Waals surface area contributed by atoms with Gasteiger partial charge in [0.05, 0.1) is 18.2 Å².